The van der Waals surface area contributed by atoms with Crippen molar-refractivity contribution in [1.29, 1.82) is 0 Å². The molecule has 3 nitrogen and oxygen atoms in total. The maximum atomic E-state index is 13.7. The summed E-state index contributed by atoms with van der Waals surface area (Å²) >= 11 is 1.54. The summed E-state index contributed by atoms with van der Waals surface area (Å²) in [4.78, 5) is 16.9. The number of anilines is 1. The van der Waals surface area contributed by atoms with E-state index in [-0.39, 0.29) is 17.1 Å². The highest BCUT2D eigenvalue weighted by atomic mass is 32.2. The van der Waals surface area contributed by atoms with Gasteiger partial charge in [0.05, 0.1) is 5.75 Å². The molecule has 1 atom stereocenters. The van der Waals surface area contributed by atoms with E-state index in [1.165, 1.54) is 17.8 Å². The fourth-order valence-corrected chi connectivity index (χ4v) is 3.38. The summed E-state index contributed by atoms with van der Waals surface area (Å²) in [5.74, 6) is 0.117. The van der Waals surface area contributed by atoms with E-state index >= 15 is 0 Å². The predicted molar refractivity (Wildman–Crippen MR) is 76.8 cm³/mol. The number of aromatic nitrogens is 1. The van der Waals surface area contributed by atoms with Gasteiger partial charge in [-0.25, -0.2) is 9.37 Å². The number of rotatable bonds is 2. The van der Waals surface area contributed by atoms with E-state index in [0.717, 1.165) is 5.69 Å². The number of aryl methyl sites for hydroxylation is 1. The Morgan fingerprint density at radius 3 is 2.90 bits per heavy atom. The summed E-state index contributed by atoms with van der Waals surface area (Å²) in [7, 11) is 0. The Morgan fingerprint density at radius 1 is 1.35 bits per heavy atom. The highest BCUT2D eigenvalue weighted by Gasteiger charge is 2.37. The van der Waals surface area contributed by atoms with E-state index in [1.807, 2.05) is 24.4 Å². The zero-order valence-corrected chi connectivity index (χ0v) is 11.8. The number of thioether (sulfide) groups is 1. The number of pyridine rings is 1. The van der Waals surface area contributed by atoms with E-state index in [0.29, 0.717) is 17.0 Å². The summed E-state index contributed by atoms with van der Waals surface area (Å²) in [6, 6.07) is 10.7. The number of benzene rings is 1. The Labute approximate surface area is 120 Å². The summed E-state index contributed by atoms with van der Waals surface area (Å²) in [5, 5.41) is -0.134. The van der Waals surface area contributed by atoms with Gasteiger partial charge in [-0.05, 0) is 30.7 Å². The van der Waals surface area contributed by atoms with Crippen LogP contribution in [0.1, 0.15) is 16.6 Å². The normalized spacial score (nSPS) is 18.6. The lowest BCUT2D eigenvalue weighted by Crippen LogP contribution is -2.30. The number of H-pyrrole nitrogens is 1. The van der Waals surface area contributed by atoms with Crippen LogP contribution in [-0.4, -0.2) is 11.7 Å². The topological polar surface area (TPSA) is 34.5 Å². The van der Waals surface area contributed by atoms with Gasteiger partial charge in [0.15, 0.2) is 11.6 Å². The lowest BCUT2D eigenvalue weighted by Gasteiger charge is -2.21. The Balaban J connectivity index is 2.00. The Bertz CT molecular complexity index is 648. The van der Waals surface area contributed by atoms with Crippen molar-refractivity contribution in [3.8, 4) is 0 Å². The van der Waals surface area contributed by atoms with Gasteiger partial charge in [0.1, 0.15) is 5.82 Å². The zero-order chi connectivity index (χ0) is 14.1. The van der Waals surface area contributed by atoms with Gasteiger partial charge in [0.25, 0.3) is 0 Å². The van der Waals surface area contributed by atoms with Crippen molar-refractivity contribution < 1.29 is 14.2 Å². The van der Waals surface area contributed by atoms with Crippen LogP contribution in [0.5, 0.6) is 0 Å². The van der Waals surface area contributed by atoms with Crippen LogP contribution in [0.4, 0.5) is 10.1 Å². The number of carbonyl (C=O) groups is 1. The Hall–Kier alpha value is -1.88. The van der Waals surface area contributed by atoms with Crippen LogP contribution in [0.25, 0.3) is 0 Å². The average molecular weight is 289 g/mol. The van der Waals surface area contributed by atoms with Gasteiger partial charge in [-0.2, -0.15) is 0 Å². The van der Waals surface area contributed by atoms with Crippen LogP contribution >= 0.6 is 11.8 Å². The first kappa shape index (κ1) is 13.1. The van der Waals surface area contributed by atoms with Crippen molar-refractivity contribution in [3.63, 3.8) is 0 Å². The summed E-state index contributed by atoms with van der Waals surface area (Å²) < 4.78 is 13.7. The van der Waals surface area contributed by atoms with Crippen molar-refractivity contribution >= 4 is 23.4 Å². The molecular weight excluding hydrogens is 275 g/mol. The van der Waals surface area contributed by atoms with E-state index in [4.69, 9.17) is 0 Å². The predicted octanol–water partition coefficient (Wildman–Crippen LogP) is 2.73. The van der Waals surface area contributed by atoms with Gasteiger partial charge < -0.3 is 0 Å². The molecule has 0 radical (unpaired) electrons. The lowest BCUT2D eigenvalue weighted by atomic mass is 10.2. The molecule has 1 N–H and O–H groups in total. The summed E-state index contributed by atoms with van der Waals surface area (Å²) in [6.45, 7) is 1.71. The molecule has 2 heterocycles. The minimum atomic E-state index is -0.289. The molecule has 1 fully saturated rings. The Morgan fingerprint density at radius 2 is 2.20 bits per heavy atom. The van der Waals surface area contributed by atoms with Gasteiger partial charge in [-0.15, -0.1) is 11.8 Å². The van der Waals surface area contributed by atoms with Crippen LogP contribution in [0.15, 0.2) is 42.6 Å². The summed E-state index contributed by atoms with van der Waals surface area (Å²) in [6.07, 6.45) is 1.83. The van der Waals surface area contributed by atoms with E-state index in [9.17, 15) is 9.18 Å². The molecule has 1 aromatic heterocycles. The largest absolute Gasteiger partial charge is 0.289 e. The molecule has 20 heavy (non-hydrogen) atoms. The second-order valence-corrected chi connectivity index (χ2v) is 5.75. The van der Waals surface area contributed by atoms with Crippen molar-refractivity contribution in [2.75, 3.05) is 10.7 Å². The number of hydrogen-bond donors (Lipinski definition) is 0. The fourth-order valence-electron chi connectivity index (χ4n) is 2.23. The molecule has 0 spiro atoms. The van der Waals surface area contributed by atoms with Crippen LogP contribution in [0.3, 0.4) is 0 Å². The molecule has 0 bridgehead atoms. The molecule has 1 aromatic carbocycles. The van der Waals surface area contributed by atoms with Gasteiger partial charge in [0, 0.05) is 17.8 Å². The lowest BCUT2D eigenvalue weighted by molar-refractivity contribution is -0.390. The smallest absolute Gasteiger partial charge is 0.238 e. The van der Waals surface area contributed by atoms with Gasteiger partial charge in [-0.1, -0.05) is 6.07 Å². The maximum Gasteiger partial charge on any atom is 0.238 e. The van der Waals surface area contributed by atoms with Crippen LogP contribution in [0.2, 0.25) is 0 Å². The third-order valence-electron chi connectivity index (χ3n) is 3.30. The number of hydrogen-bond acceptors (Lipinski definition) is 2. The first-order valence-corrected chi connectivity index (χ1v) is 7.38. The van der Waals surface area contributed by atoms with Crippen molar-refractivity contribution in [2.24, 2.45) is 0 Å². The minimum absolute atomic E-state index is 0.000469. The number of amides is 1. The van der Waals surface area contributed by atoms with Gasteiger partial charge >= 0.3 is 0 Å². The van der Waals surface area contributed by atoms with E-state index < -0.39 is 0 Å². The Kier molecular flexibility index (Phi) is 3.44. The van der Waals surface area contributed by atoms with Crippen LogP contribution in [-0.2, 0) is 4.79 Å². The molecular formula is C15H14FN2OS+. The molecule has 1 aliphatic heterocycles. The maximum absolute atomic E-state index is 13.7. The molecule has 0 saturated carbocycles. The summed E-state index contributed by atoms with van der Waals surface area (Å²) in [5.41, 5.74) is 2.12. The molecule has 1 aliphatic rings. The molecule has 102 valence electrons. The molecule has 1 unspecified atom stereocenters. The number of nitrogens with zero attached hydrogens (tertiary/aromatic N) is 1. The van der Waals surface area contributed by atoms with Crippen molar-refractivity contribution in [2.45, 2.75) is 12.3 Å². The highest BCUT2D eigenvalue weighted by molar-refractivity contribution is 8.00. The first-order valence-electron chi connectivity index (χ1n) is 6.33. The number of halogens is 1. The number of nitrogens with one attached hydrogen (secondary N) is 1. The van der Waals surface area contributed by atoms with Gasteiger partial charge in [-0.3, -0.25) is 9.69 Å². The van der Waals surface area contributed by atoms with E-state index in [2.05, 4.69) is 4.98 Å². The SMILES string of the molecule is Cc1ccc(N2C(=O)CSC2c2cccc[nH+]2)cc1F. The second kappa shape index (κ2) is 5.25. The first-order chi connectivity index (χ1) is 9.66. The zero-order valence-electron chi connectivity index (χ0n) is 11.0. The molecule has 2 aromatic rings. The molecule has 5 heteroatoms. The highest BCUT2D eigenvalue weighted by Crippen LogP contribution is 2.40. The van der Waals surface area contributed by atoms with E-state index in [1.54, 1.807) is 24.0 Å². The standard InChI is InChI=1S/C15H13FN2OS/c1-10-5-6-11(8-12(10)16)18-14(19)9-20-15(18)13-4-2-3-7-17-13/h2-8,15H,9H2,1H3/p+1. The molecule has 1 saturated heterocycles. The minimum Gasteiger partial charge on any atom is -0.289 e. The van der Waals surface area contributed by atoms with Crippen LogP contribution in [0, 0.1) is 12.7 Å². The monoisotopic (exact) mass is 289 g/mol. The van der Waals surface area contributed by atoms with Gasteiger partial charge in [0.2, 0.25) is 11.6 Å². The quantitative estimate of drug-likeness (QED) is 0.852. The molecule has 1 amide bonds. The fraction of sp³-hybridized carbons (Fsp3) is 0.200. The third kappa shape index (κ3) is 2.29. The second-order valence-electron chi connectivity index (χ2n) is 4.68. The third-order valence-corrected chi connectivity index (χ3v) is 4.49. The number of aromatic amines is 1. The molecule has 3 rings (SSSR count). The average Bonchev–Trinajstić information content (AvgIpc) is 2.85. The number of carbonyl (C=O) groups excluding carboxylic acids is 1. The van der Waals surface area contributed by atoms with Crippen molar-refractivity contribution in [3.05, 3.63) is 59.7 Å². The van der Waals surface area contributed by atoms with Crippen molar-refractivity contribution in [1.82, 2.24) is 0 Å². The molecule has 0 aliphatic carbocycles. The van der Waals surface area contributed by atoms with Crippen LogP contribution < -0.4 is 9.88 Å².